The van der Waals surface area contributed by atoms with Crippen LogP contribution in [-0.4, -0.2) is 69.7 Å². The predicted octanol–water partition coefficient (Wildman–Crippen LogP) is 3.47. The van der Waals surface area contributed by atoms with E-state index in [0.29, 0.717) is 22.2 Å². The molecule has 0 aliphatic carbocycles. The molecule has 2 fully saturated rings. The van der Waals surface area contributed by atoms with Gasteiger partial charge in [0.2, 0.25) is 0 Å². The second-order valence-corrected chi connectivity index (χ2v) is 12.2. The van der Waals surface area contributed by atoms with Crippen molar-refractivity contribution in [3.8, 4) is 5.75 Å². The normalized spacial score (nSPS) is 20.9. The number of rotatable bonds is 9. The molecule has 0 bridgehead atoms. The molecule has 0 N–H and O–H groups in total. The van der Waals surface area contributed by atoms with Crippen LogP contribution in [0.25, 0.3) is 0 Å². The SMILES string of the molecule is CN(c1ccc(OCC(=O)N(CC2CCCO2)C2CCSC2)cc1)S(=O)(=O)c1cccs1. The van der Waals surface area contributed by atoms with Gasteiger partial charge in [-0.25, -0.2) is 8.42 Å². The average Bonchev–Trinajstić information content (AvgIpc) is 3.59. The van der Waals surface area contributed by atoms with Gasteiger partial charge in [0.05, 0.1) is 11.8 Å². The van der Waals surface area contributed by atoms with E-state index in [2.05, 4.69) is 0 Å². The molecule has 174 valence electrons. The second-order valence-electron chi connectivity index (χ2n) is 7.89. The molecule has 2 aromatic rings. The minimum Gasteiger partial charge on any atom is -0.484 e. The molecule has 3 heterocycles. The molecule has 10 heteroatoms. The summed E-state index contributed by atoms with van der Waals surface area (Å²) in [6.07, 6.45) is 3.16. The number of nitrogens with zero attached hydrogens (tertiary/aromatic N) is 2. The van der Waals surface area contributed by atoms with Gasteiger partial charge in [0, 0.05) is 32.0 Å². The van der Waals surface area contributed by atoms with Crippen LogP contribution < -0.4 is 9.04 Å². The molecule has 2 atom stereocenters. The van der Waals surface area contributed by atoms with E-state index in [1.165, 1.54) is 22.7 Å². The molecule has 1 aromatic carbocycles. The van der Waals surface area contributed by atoms with Crippen LogP contribution in [0.1, 0.15) is 19.3 Å². The first-order valence-corrected chi connectivity index (χ1v) is 14.2. The summed E-state index contributed by atoms with van der Waals surface area (Å²) in [5.41, 5.74) is 0.528. The van der Waals surface area contributed by atoms with Crippen molar-refractivity contribution in [2.45, 2.75) is 35.6 Å². The van der Waals surface area contributed by atoms with Crippen molar-refractivity contribution in [1.82, 2.24) is 4.90 Å². The highest BCUT2D eigenvalue weighted by molar-refractivity contribution is 7.99. The van der Waals surface area contributed by atoms with Crippen molar-refractivity contribution in [2.75, 3.05) is 42.6 Å². The molecule has 2 aliphatic rings. The number of anilines is 1. The Kier molecular flexibility index (Phi) is 7.65. The third-order valence-corrected chi connectivity index (χ3v) is 10.1. The third-order valence-electron chi connectivity index (χ3n) is 5.76. The second kappa shape index (κ2) is 10.5. The predicted molar refractivity (Wildman–Crippen MR) is 128 cm³/mol. The van der Waals surface area contributed by atoms with Crippen LogP contribution in [0.2, 0.25) is 0 Å². The number of ether oxygens (including phenoxy) is 2. The molecule has 32 heavy (non-hydrogen) atoms. The van der Waals surface area contributed by atoms with Gasteiger partial charge in [-0.2, -0.15) is 11.8 Å². The molecule has 2 saturated heterocycles. The minimum absolute atomic E-state index is 0.0329. The van der Waals surface area contributed by atoms with E-state index in [9.17, 15) is 13.2 Å². The number of carbonyl (C=O) groups is 1. The lowest BCUT2D eigenvalue weighted by Crippen LogP contribution is -2.46. The Bertz CT molecular complexity index is 983. The smallest absolute Gasteiger partial charge is 0.273 e. The highest BCUT2D eigenvalue weighted by Crippen LogP contribution is 2.27. The van der Waals surface area contributed by atoms with Gasteiger partial charge >= 0.3 is 0 Å². The van der Waals surface area contributed by atoms with Gasteiger partial charge in [-0.1, -0.05) is 6.07 Å². The van der Waals surface area contributed by atoms with Crippen molar-refractivity contribution in [1.29, 1.82) is 0 Å². The number of carbonyl (C=O) groups excluding carboxylic acids is 1. The fraction of sp³-hybridized carbons (Fsp3) is 0.500. The van der Waals surface area contributed by atoms with Crippen molar-refractivity contribution >= 4 is 44.7 Å². The summed E-state index contributed by atoms with van der Waals surface area (Å²) >= 11 is 3.06. The summed E-state index contributed by atoms with van der Waals surface area (Å²) < 4.78 is 38.4. The van der Waals surface area contributed by atoms with E-state index in [4.69, 9.17) is 9.47 Å². The minimum atomic E-state index is -3.58. The Balaban J connectivity index is 1.36. The quantitative estimate of drug-likeness (QED) is 0.529. The molecule has 1 aromatic heterocycles. The van der Waals surface area contributed by atoms with E-state index in [-0.39, 0.29) is 24.7 Å². The van der Waals surface area contributed by atoms with E-state index in [1.807, 2.05) is 16.7 Å². The largest absolute Gasteiger partial charge is 0.484 e. The first-order chi connectivity index (χ1) is 15.4. The van der Waals surface area contributed by atoms with Crippen LogP contribution >= 0.6 is 23.1 Å². The number of thioether (sulfide) groups is 1. The topological polar surface area (TPSA) is 76.2 Å². The molecule has 4 rings (SSSR count). The van der Waals surface area contributed by atoms with Gasteiger partial charge in [0.1, 0.15) is 9.96 Å². The molecule has 0 saturated carbocycles. The molecule has 1 amide bonds. The average molecular weight is 497 g/mol. The Morgan fingerprint density at radius 3 is 2.66 bits per heavy atom. The first-order valence-electron chi connectivity index (χ1n) is 10.7. The van der Waals surface area contributed by atoms with Gasteiger partial charge in [0.25, 0.3) is 15.9 Å². The summed E-state index contributed by atoms with van der Waals surface area (Å²) in [6.45, 7) is 1.35. The molecule has 2 unspecified atom stereocenters. The zero-order valence-electron chi connectivity index (χ0n) is 18.0. The van der Waals surface area contributed by atoms with E-state index < -0.39 is 10.0 Å². The highest BCUT2D eigenvalue weighted by Gasteiger charge is 2.31. The fourth-order valence-electron chi connectivity index (χ4n) is 3.89. The molecule has 2 aliphatic heterocycles. The molecular formula is C22H28N2O5S3. The van der Waals surface area contributed by atoms with E-state index in [1.54, 1.807) is 41.8 Å². The van der Waals surface area contributed by atoms with Crippen molar-refractivity contribution in [3.63, 3.8) is 0 Å². The number of hydrogen-bond donors (Lipinski definition) is 0. The Hall–Kier alpha value is -1.75. The number of hydrogen-bond acceptors (Lipinski definition) is 7. The van der Waals surface area contributed by atoms with Crippen LogP contribution in [-0.2, 0) is 19.6 Å². The summed E-state index contributed by atoms with van der Waals surface area (Å²) in [4.78, 5) is 14.9. The van der Waals surface area contributed by atoms with Gasteiger partial charge in [-0.3, -0.25) is 9.10 Å². The standard InChI is InChI=1S/C22H28N2O5S3/c1-23(32(26,27)22-5-3-12-31-22)17-6-8-19(9-7-17)29-15-21(25)24(18-10-13-30-16-18)14-20-4-2-11-28-20/h3,5-9,12,18,20H,2,4,10-11,13-16H2,1H3. The van der Waals surface area contributed by atoms with E-state index in [0.717, 1.165) is 37.4 Å². The summed E-state index contributed by atoms with van der Waals surface area (Å²) in [6, 6.07) is 10.3. The maximum atomic E-state index is 13.0. The van der Waals surface area contributed by atoms with Gasteiger partial charge in [-0.05, 0) is 60.7 Å². The molecule has 7 nitrogen and oxygen atoms in total. The van der Waals surface area contributed by atoms with Gasteiger partial charge in [-0.15, -0.1) is 11.3 Å². The number of amides is 1. The number of sulfonamides is 1. The molecular weight excluding hydrogens is 468 g/mol. The van der Waals surface area contributed by atoms with Crippen LogP contribution in [0.3, 0.4) is 0 Å². The summed E-state index contributed by atoms with van der Waals surface area (Å²) in [5.74, 6) is 2.53. The lowest BCUT2D eigenvalue weighted by molar-refractivity contribution is -0.137. The van der Waals surface area contributed by atoms with Gasteiger partial charge < -0.3 is 14.4 Å². The monoisotopic (exact) mass is 496 g/mol. The van der Waals surface area contributed by atoms with Crippen LogP contribution in [0.4, 0.5) is 5.69 Å². The van der Waals surface area contributed by atoms with Crippen LogP contribution in [0.15, 0.2) is 46.0 Å². The van der Waals surface area contributed by atoms with Crippen molar-refractivity contribution in [2.24, 2.45) is 0 Å². The third kappa shape index (κ3) is 5.41. The number of thiophene rings is 1. The Morgan fingerprint density at radius 2 is 2.03 bits per heavy atom. The maximum Gasteiger partial charge on any atom is 0.273 e. The number of benzene rings is 1. The highest BCUT2D eigenvalue weighted by atomic mass is 32.2. The Morgan fingerprint density at radius 1 is 1.22 bits per heavy atom. The van der Waals surface area contributed by atoms with Crippen molar-refractivity contribution < 1.29 is 22.7 Å². The Labute approximate surface area is 197 Å². The molecule has 0 spiro atoms. The van der Waals surface area contributed by atoms with Gasteiger partial charge in [0.15, 0.2) is 6.61 Å². The molecule has 0 radical (unpaired) electrons. The lowest BCUT2D eigenvalue weighted by Gasteiger charge is -2.30. The zero-order chi connectivity index (χ0) is 22.6. The summed E-state index contributed by atoms with van der Waals surface area (Å²) in [7, 11) is -2.06. The fourth-order valence-corrected chi connectivity index (χ4v) is 7.48. The summed E-state index contributed by atoms with van der Waals surface area (Å²) in [5, 5.41) is 1.74. The first kappa shape index (κ1) is 23.4. The van der Waals surface area contributed by atoms with Crippen LogP contribution in [0, 0.1) is 0 Å². The van der Waals surface area contributed by atoms with Crippen molar-refractivity contribution in [3.05, 3.63) is 41.8 Å². The maximum absolute atomic E-state index is 13.0. The van der Waals surface area contributed by atoms with Crippen LogP contribution in [0.5, 0.6) is 5.75 Å². The van der Waals surface area contributed by atoms with E-state index >= 15 is 0 Å². The lowest BCUT2D eigenvalue weighted by atomic mass is 10.1. The zero-order valence-corrected chi connectivity index (χ0v) is 20.5.